The molecule has 124 valence electrons. The van der Waals surface area contributed by atoms with Crippen LogP contribution in [0, 0.1) is 6.92 Å². The normalized spacial score (nSPS) is 17.3. The van der Waals surface area contributed by atoms with E-state index in [0.29, 0.717) is 13.1 Å². The Balaban J connectivity index is 1.77. The second kappa shape index (κ2) is 7.17. The third-order valence-corrected chi connectivity index (χ3v) is 4.13. The summed E-state index contributed by atoms with van der Waals surface area (Å²) in [7, 11) is 0. The van der Waals surface area contributed by atoms with E-state index in [-0.39, 0.29) is 12.5 Å². The summed E-state index contributed by atoms with van der Waals surface area (Å²) in [6, 6.07) is 16.4. The van der Waals surface area contributed by atoms with Gasteiger partial charge in [0.25, 0.3) is 0 Å². The first-order valence-electron chi connectivity index (χ1n) is 7.97. The quantitative estimate of drug-likeness (QED) is 0.944. The fraction of sp³-hybridized carbons (Fsp3) is 0.263. The van der Waals surface area contributed by atoms with E-state index in [1.165, 1.54) is 4.90 Å². The molecule has 0 bridgehead atoms. The van der Waals surface area contributed by atoms with E-state index in [1.54, 1.807) is 0 Å². The summed E-state index contributed by atoms with van der Waals surface area (Å²) >= 11 is 0. The maximum absolute atomic E-state index is 12.5. The van der Waals surface area contributed by atoms with Gasteiger partial charge in [-0.05, 0) is 23.6 Å². The van der Waals surface area contributed by atoms with Crippen LogP contribution < -0.4 is 5.32 Å². The van der Waals surface area contributed by atoms with Gasteiger partial charge < -0.3 is 10.1 Å². The van der Waals surface area contributed by atoms with Crippen molar-refractivity contribution >= 4 is 12.0 Å². The fourth-order valence-electron chi connectivity index (χ4n) is 2.87. The molecule has 1 fully saturated rings. The molecular weight excluding hydrogens is 304 g/mol. The highest BCUT2D eigenvalue weighted by atomic mass is 16.6. The Bertz CT molecular complexity index is 730. The van der Waals surface area contributed by atoms with Crippen LogP contribution in [0.25, 0.3) is 0 Å². The predicted molar refractivity (Wildman–Crippen MR) is 90.3 cm³/mol. The van der Waals surface area contributed by atoms with Gasteiger partial charge in [-0.1, -0.05) is 54.6 Å². The molecule has 1 unspecified atom stereocenters. The van der Waals surface area contributed by atoms with Gasteiger partial charge in [0.05, 0.1) is 0 Å². The molecule has 5 heteroatoms. The number of amides is 2. The number of ether oxygens (including phenoxy) is 1. The number of hydrogen-bond donors (Lipinski definition) is 1. The van der Waals surface area contributed by atoms with Crippen molar-refractivity contribution in [3.05, 3.63) is 71.3 Å². The largest absolute Gasteiger partial charge is 0.445 e. The maximum atomic E-state index is 12.5. The number of carbonyl (C=O) groups is 2. The van der Waals surface area contributed by atoms with Crippen molar-refractivity contribution in [1.82, 2.24) is 10.2 Å². The molecule has 1 atom stereocenters. The highest BCUT2D eigenvalue weighted by Gasteiger charge is 2.36. The molecule has 0 aromatic heterocycles. The van der Waals surface area contributed by atoms with Crippen molar-refractivity contribution in [2.24, 2.45) is 0 Å². The zero-order valence-corrected chi connectivity index (χ0v) is 13.6. The van der Waals surface area contributed by atoms with Crippen molar-refractivity contribution in [1.29, 1.82) is 0 Å². The average Bonchev–Trinajstić information content (AvgIpc) is 2.61. The molecule has 1 aliphatic rings. The minimum Gasteiger partial charge on any atom is -0.445 e. The molecule has 1 N–H and O–H groups in total. The minimum atomic E-state index is -0.650. The predicted octanol–water partition coefficient (Wildman–Crippen LogP) is 2.80. The van der Waals surface area contributed by atoms with Crippen LogP contribution in [-0.4, -0.2) is 30.0 Å². The summed E-state index contributed by atoms with van der Waals surface area (Å²) in [5.74, 6) is -0.174. The number of hydrogen-bond acceptors (Lipinski definition) is 3. The Morgan fingerprint density at radius 1 is 1.17 bits per heavy atom. The molecule has 5 nitrogen and oxygen atoms in total. The molecule has 1 aliphatic heterocycles. The van der Waals surface area contributed by atoms with Crippen LogP contribution in [-0.2, 0) is 16.1 Å². The summed E-state index contributed by atoms with van der Waals surface area (Å²) in [6.45, 7) is 2.99. The van der Waals surface area contributed by atoms with Gasteiger partial charge in [-0.15, -0.1) is 0 Å². The van der Waals surface area contributed by atoms with Crippen molar-refractivity contribution in [3.8, 4) is 0 Å². The number of benzene rings is 2. The summed E-state index contributed by atoms with van der Waals surface area (Å²) in [4.78, 5) is 26.4. The third kappa shape index (κ3) is 3.40. The Morgan fingerprint density at radius 3 is 2.62 bits per heavy atom. The van der Waals surface area contributed by atoms with E-state index >= 15 is 0 Å². The molecule has 1 heterocycles. The topological polar surface area (TPSA) is 58.6 Å². The third-order valence-electron chi connectivity index (χ3n) is 4.13. The van der Waals surface area contributed by atoms with Gasteiger partial charge >= 0.3 is 6.09 Å². The molecule has 0 saturated carbocycles. The summed E-state index contributed by atoms with van der Waals surface area (Å²) in [5, 5.41) is 2.83. The summed E-state index contributed by atoms with van der Waals surface area (Å²) < 4.78 is 5.41. The molecule has 2 amide bonds. The first-order valence-corrected chi connectivity index (χ1v) is 7.97. The maximum Gasteiger partial charge on any atom is 0.411 e. The van der Waals surface area contributed by atoms with E-state index in [1.807, 2.05) is 61.5 Å². The smallest absolute Gasteiger partial charge is 0.411 e. The van der Waals surface area contributed by atoms with Crippen LogP contribution in [0.4, 0.5) is 4.79 Å². The van der Waals surface area contributed by atoms with Crippen LogP contribution in [0.3, 0.4) is 0 Å². The van der Waals surface area contributed by atoms with Crippen LogP contribution in [0.5, 0.6) is 0 Å². The molecule has 0 spiro atoms. The lowest BCUT2D eigenvalue weighted by Gasteiger charge is -2.35. The standard InChI is InChI=1S/C19H20N2O3/c1-14-7-5-6-10-16(14)17-18(22)20-11-12-21(17)19(23)24-13-15-8-3-2-4-9-15/h2-10,17H,11-13H2,1H3,(H,20,22). The second-order valence-corrected chi connectivity index (χ2v) is 5.78. The molecule has 2 aromatic carbocycles. The van der Waals surface area contributed by atoms with Gasteiger partial charge in [0.2, 0.25) is 5.91 Å². The minimum absolute atomic E-state index is 0.174. The van der Waals surface area contributed by atoms with E-state index in [0.717, 1.165) is 16.7 Å². The lowest BCUT2D eigenvalue weighted by molar-refractivity contribution is -0.128. The van der Waals surface area contributed by atoms with E-state index in [9.17, 15) is 9.59 Å². The highest BCUT2D eigenvalue weighted by Crippen LogP contribution is 2.26. The van der Waals surface area contributed by atoms with Gasteiger partial charge in [0.15, 0.2) is 0 Å². The van der Waals surface area contributed by atoms with Gasteiger partial charge in [0.1, 0.15) is 12.6 Å². The number of aryl methyl sites for hydroxylation is 1. The SMILES string of the molecule is Cc1ccccc1C1C(=O)NCCN1C(=O)OCc1ccccc1. The van der Waals surface area contributed by atoms with Crippen molar-refractivity contribution < 1.29 is 14.3 Å². The van der Waals surface area contributed by atoms with Crippen LogP contribution in [0.1, 0.15) is 22.7 Å². The molecule has 0 aliphatic carbocycles. The monoisotopic (exact) mass is 324 g/mol. The number of nitrogens with zero attached hydrogens (tertiary/aromatic N) is 1. The second-order valence-electron chi connectivity index (χ2n) is 5.78. The number of piperazine rings is 1. The van der Waals surface area contributed by atoms with E-state index in [4.69, 9.17) is 4.74 Å². The van der Waals surface area contributed by atoms with Gasteiger partial charge in [-0.3, -0.25) is 9.69 Å². The zero-order valence-electron chi connectivity index (χ0n) is 13.6. The first-order chi connectivity index (χ1) is 11.7. The Kier molecular flexibility index (Phi) is 4.79. The average molecular weight is 324 g/mol. The van der Waals surface area contributed by atoms with Crippen molar-refractivity contribution in [2.45, 2.75) is 19.6 Å². The first kappa shape index (κ1) is 16.1. The van der Waals surface area contributed by atoms with Crippen LogP contribution in [0.2, 0.25) is 0 Å². The molecule has 24 heavy (non-hydrogen) atoms. The van der Waals surface area contributed by atoms with Crippen molar-refractivity contribution in [2.75, 3.05) is 13.1 Å². The molecule has 2 aromatic rings. The molecule has 0 radical (unpaired) electrons. The van der Waals surface area contributed by atoms with Crippen molar-refractivity contribution in [3.63, 3.8) is 0 Å². The fourth-order valence-corrected chi connectivity index (χ4v) is 2.87. The van der Waals surface area contributed by atoms with Gasteiger partial charge in [0, 0.05) is 13.1 Å². The molecular formula is C19H20N2O3. The zero-order chi connectivity index (χ0) is 16.9. The van der Waals surface area contributed by atoms with Gasteiger partial charge in [-0.25, -0.2) is 4.79 Å². The number of carbonyl (C=O) groups excluding carboxylic acids is 2. The molecule has 1 saturated heterocycles. The van der Waals surface area contributed by atoms with Crippen LogP contribution >= 0.6 is 0 Å². The Hall–Kier alpha value is -2.82. The Labute approximate surface area is 141 Å². The van der Waals surface area contributed by atoms with E-state index in [2.05, 4.69) is 5.32 Å². The Morgan fingerprint density at radius 2 is 1.88 bits per heavy atom. The molecule has 3 rings (SSSR count). The van der Waals surface area contributed by atoms with Crippen LogP contribution in [0.15, 0.2) is 54.6 Å². The summed E-state index contributed by atoms with van der Waals surface area (Å²) in [6.07, 6.45) is -0.470. The summed E-state index contributed by atoms with van der Waals surface area (Å²) in [5.41, 5.74) is 2.71. The highest BCUT2D eigenvalue weighted by molar-refractivity contribution is 5.88. The number of rotatable bonds is 3. The van der Waals surface area contributed by atoms with Gasteiger partial charge in [-0.2, -0.15) is 0 Å². The lowest BCUT2D eigenvalue weighted by Crippen LogP contribution is -2.52. The number of nitrogens with one attached hydrogen (secondary N) is 1. The van der Waals surface area contributed by atoms with E-state index < -0.39 is 12.1 Å². The lowest BCUT2D eigenvalue weighted by atomic mass is 9.98.